The minimum atomic E-state index is -0.567. The molecule has 3 aromatic carbocycles. The van der Waals surface area contributed by atoms with Crippen LogP contribution >= 0.6 is 0 Å². The Balaban J connectivity index is 1.49. The maximum absolute atomic E-state index is 14.1. The van der Waals surface area contributed by atoms with Gasteiger partial charge in [-0.3, -0.25) is 9.59 Å². The van der Waals surface area contributed by atoms with Crippen molar-refractivity contribution < 1.29 is 14.0 Å². The van der Waals surface area contributed by atoms with Gasteiger partial charge in [-0.25, -0.2) is 14.4 Å². The van der Waals surface area contributed by atoms with E-state index in [9.17, 15) is 14.0 Å². The summed E-state index contributed by atoms with van der Waals surface area (Å²) >= 11 is 0. The number of rotatable bonds is 6. The molecule has 7 nitrogen and oxygen atoms in total. The van der Waals surface area contributed by atoms with E-state index < -0.39 is 11.7 Å². The molecule has 4 aromatic rings. The molecule has 0 saturated carbocycles. The fourth-order valence-corrected chi connectivity index (χ4v) is 3.42. The minimum Gasteiger partial charge on any atom is -0.326 e. The number of hydrogen-bond donors (Lipinski definition) is 3. The van der Waals surface area contributed by atoms with E-state index in [-0.39, 0.29) is 11.5 Å². The van der Waals surface area contributed by atoms with Gasteiger partial charge >= 0.3 is 0 Å². The van der Waals surface area contributed by atoms with Crippen LogP contribution in [0.2, 0.25) is 0 Å². The van der Waals surface area contributed by atoms with Crippen molar-refractivity contribution in [3.63, 3.8) is 0 Å². The van der Waals surface area contributed by atoms with Crippen LogP contribution in [0.15, 0.2) is 79.0 Å². The molecule has 0 spiro atoms. The molecule has 0 fully saturated rings. The zero-order valence-electron chi connectivity index (χ0n) is 18.6. The van der Waals surface area contributed by atoms with Gasteiger partial charge in [0.25, 0.3) is 5.91 Å². The summed E-state index contributed by atoms with van der Waals surface area (Å²) in [4.78, 5) is 32.6. The Kier molecular flexibility index (Phi) is 6.59. The average Bonchev–Trinajstić information content (AvgIpc) is 2.79. The van der Waals surface area contributed by atoms with Gasteiger partial charge in [0.2, 0.25) is 11.9 Å². The van der Waals surface area contributed by atoms with Crippen LogP contribution < -0.4 is 16.0 Å². The number of benzene rings is 3. The maximum Gasteiger partial charge on any atom is 0.258 e. The number of carbonyl (C=O) groups is 2. The van der Waals surface area contributed by atoms with Crippen LogP contribution in [0.5, 0.6) is 0 Å². The number of carbonyl (C=O) groups excluding carboxylic acids is 2. The van der Waals surface area contributed by atoms with Crippen molar-refractivity contribution in [2.45, 2.75) is 13.8 Å². The zero-order chi connectivity index (χ0) is 24.1. The van der Waals surface area contributed by atoms with Crippen LogP contribution in [0.4, 0.5) is 27.4 Å². The molecule has 0 radical (unpaired) electrons. The summed E-state index contributed by atoms with van der Waals surface area (Å²) < 4.78 is 14.1. The van der Waals surface area contributed by atoms with Gasteiger partial charge in [0, 0.05) is 35.7 Å². The topological polar surface area (TPSA) is 96.0 Å². The lowest BCUT2D eigenvalue weighted by atomic mass is 10.1. The van der Waals surface area contributed by atoms with Crippen LogP contribution in [0.3, 0.4) is 0 Å². The quantitative estimate of drug-likeness (QED) is 0.354. The van der Waals surface area contributed by atoms with E-state index in [0.29, 0.717) is 34.3 Å². The summed E-state index contributed by atoms with van der Waals surface area (Å²) in [5.74, 6) is -0.851. The summed E-state index contributed by atoms with van der Waals surface area (Å²) in [5, 5.41) is 8.58. The van der Waals surface area contributed by atoms with E-state index in [0.717, 1.165) is 5.56 Å². The molecule has 8 heteroatoms. The number of nitrogens with one attached hydrogen (secondary N) is 3. The molecule has 4 rings (SSSR count). The second-order valence-corrected chi connectivity index (χ2v) is 7.62. The lowest BCUT2D eigenvalue weighted by molar-refractivity contribution is -0.114. The Hall–Kier alpha value is -4.59. The Bertz CT molecular complexity index is 1340. The van der Waals surface area contributed by atoms with Gasteiger partial charge in [-0.05, 0) is 55.0 Å². The molecule has 2 amide bonds. The molecular formula is C26H22FN5O2. The molecule has 0 unspecified atom stereocenters. The highest BCUT2D eigenvalue weighted by Crippen LogP contribution is 2.23. The number of hydrogen-bond acceptors (Lipinski definition) is 5. The zero-order valence-corrected chi connectivity index (χ0v) is 18.6. The molecule has 0 saturated heterocycles. The maximum atomic E-state index is 14.1. The third-order valence-corrected chi connectivity index (χ3v) is 4.98. The Morgan fingerprint density at radius 1 is 0.853 bits per heavy atom. The summed E-state index contributed by atoms with van der Waals surface area (Å²) in [5.41, 5.74) is 3.99. The van der Waals surface area contributed by atoms with Gasteiger partial charge in [-0.15, -0.1) is 0 Å². The molecule has 3 N–H and O–H groups in total. The monoisotopic (exact) mass is 455 g/mol. The largest absolute Gasteiger partial charge is 0.326 e. The number of anilines is 4. The first-order valence-electron chi connectivity index (χ1n) is 10.5. The average molecular weight is 455 g/mol. The summed E-state index contributed by atoms with van der Waals surface area (Å²) in [7, 11) is 0. The molecule has 0 aliphatic heterocycles. The molecule has 0 aliphatic carbocycles. The third kappa shape index (κ3) is 5.42. The highest BCUT2D eigenvalue weighted by molar-refractivity contribution is 6.05. The van der Waals surface area contributed by atoms with E-state index >= 15 is 0 Å². The molecule has 0 atom stereocenters. The van der Waals surface area contributed by atoms with Crippen LogP contribution in [-0.4, -0.2) is 21.8 Å². The number of nitrogens with zero attached hydrogens (tertiary/aromatic N) is 2. The molecular weight excluding hydrogens is 433 g/mol. The first-order valence-corrected chi connectivity index (χ1v) is 10.5. The van der Waals surface area contributed by atoms with Gasteiger partial charge in [-0.1, -0.05) is 30.3 Å². The minimum absolute atomic E-state index is 0.0152. The smallest absolute Gasteiger partial charge is 0.258 e. The fourth-order valence-electron chi connectivity index (χ4n) is 3.42. The number of aryl methyl sites for hydroxylation is 1. The molecule has 0 bridgehead atoms. The van der Waals surface area contributed by atoms with Gasteiger partial charge in [0.15, 0.2) is 0 Å². The SMILES string of the molecule is CC(=O)Nc1ccc(-c2ccnc(Nc3cccc(NC(=O)c4c(C)cccc4F)c3)n2)cc1. The van der Waals surface area contributed by atoms with Crippen LogP contribution in [0.1, 0.15) is 22.8 Å². The van der Waals surface area contributed by atoms with Gasteiger partial charge < -0.3 is 16.0 Å². The van der Waals surface area contributed by atoms with Crippen molar-refractivity contribution in [1.29, 1.82) is 0 Å². The van der Waals surface area contributed by atoms with E-state index in [1.807, 2.05) is 18.2 Å². The normalized spacial score (nSPS) is 10.4. The highest BCUT2D eigenvalue weighted by atomic mass is 19.1. The van der Waals surface area contributed by atoms with Crippen molar-refractivity contribution in [2.75, 3.05) is 16.0 Å². The molecule has 34 heavy (non-hydrogen) atoms. The molecule has 1 aromatic heterocycles. The first-order chi connectivity index (χ1) is 16.4. The van der Waals surface area contributed by atoms with Gasteiger partial charge in [0.05, 0.1) is 11.3 Å². The van der Waals surface area contributed by atoms with Crippen LogP contribution in [0, 0.1) is 12.7 Å². The van der Waals surface area contributed by atoms with Crippen LogP contribution in [0.25, 0.3) is 11.3 Å². The Morgan fingerprint density at radius 3 is 2.32 bits per heavy atom. The first kappa shape index (κ1) is 22.6. The van der Waals surface area contributed by atoms with Crippen molar-refractivity contribution >= 4 is 34.8 Å². The standard InChI is InChI=1S/C26H22FN5O2/c1-16-5-3-8-22(27)24(16)25(34)30-20-6-4-7-21(15-20)31-26-28-14-13-23(32-26)18-9-11-19(12-10-18)29-17(2)33/h3-15H,1-2H3,(H,29,33)(H,30,34)(H,28,31,32). The van der Waals surface area contributed by atoms with Crippen molar-refractivity contribution in [1.82, 2.24) is 9.97 Å². The Morgan fingerprint density at radius 2 is 1.59 bits per heavy atom. The molecule has 1 heterocycles. The van der Waals surface area contributed by atoms with E-state index in [1.54, 1.807) is 61.7 Å². The second kappa shape index (κ2) is 9.91. The number of halogens is 1. The Labute approximate surface area is 196 Å². The van der Waals surface area contributed by atoms with Crippen molar-refractivity contribution in [3.8, 4) is 11.3 Å². The van der Waals surface area contributed by atoms with Crippen molar-refractivity contribution in [3.05, 3.63) is 95.9 Å². The van der Waals surface area contributed by atoms with Crippen LogP contribution in [-0.2, 0) is 4.79 Å². The van der Waals surface area contributed by atoms with E-state index in [2.05, 4.69) is 25.9 Å². The van der Waals surface area contributed by atoms with E-state index in [4.69, 9.17) is 0 Å². The highest BCUT2D eigenvalue weighted by Gasteiger charge is 2.14. The molecule has 0 aliphatic rings. The van der Waals surface area contributed by atoms with Gasteiger partial charge in [0.1, 0.15) is 5.82 Å². The van der Waals surface area contributed by atoms with Crippen molar-refractivity contribution in [2.24, 2.45) is 0 Å². The summed E-state index contributed by atoms with van der Waals surface area (Å²) in [6, 6.07) is 20.6. The molecule has 170 valence electrons. The summed E-state index contributed by atoms with van der Waals surface area (Å²) in [6.45, 7) is 3.14. The predicted octanol–water partition coefficient (Wildman–Crippen LogP) is 5.55. The number of aromatic nitrogens is 2. The summed E-state index contributed by atoms with van der Waals surface area (Å²) in [6.07, 6.45) is 1.64. The lowest BCUT2D eigenvalue weighted by Crippen LogP contribution is -2.15. The fraction of sp³-hybridized carbons (Fsp3) is 0.0769. The number of amides is 2. The second-order valence-electron chi connectivity index (χ2n) is 7.62. The van der Waals surface area contributed by atoms with Gasteiger partial charge in [-0.2, -0.15) is 0 Å². The lowest BCUT2D eigenvalue weighted by Gasteiger charge is -2.11. The van der Waals surface area contributed by atoms with E-state index in [1.165, 1.54) is 13.0 Å². The third-order valence-electron chi connectivity index (χ3n) is 4.98. The predicted molar refractivity (Wildman–Crippen MR) is 131 cm³/mol.